The zero-order chi connectivity index (χ0) is 8.65. The Bertz CT molecular complexity index is 105. The molecule has 1 fully saturated rings. The van der Waals surface area contributed by atoms with E-state index in [0.29, 0.717) is 6.10 Å². The monoisotopic (exact) mass is 189 g/mol. The quantitative estimate of drug-likeness (QED) is 0.662. The highest BCUT2D eigenvalue weighted by atomic mass is 32.2. The van der Waals surface area contributed by atoms with Gasteiger partial charge < -0.3 is 10.1 Å². The van der Waals surface area contributed by atoms with Crippen molar-refractivity contribution in [3.63, 3.8) is 0 Å². The first-order valence-electron chi connectivity index (χ1n) is 4.74. The largest absolute Gasteiger partial charge is 0.377 e. The fourth-order valence-corrected chi connectivity index (χ4v) is 1.82. The van der Waals surface area contributed by atoms with E-state index in [4.69, 9.17) is 4.74 Å². The Kier molecular flexibility index (Phi) is 5.82. The Hall–Kier alpha value is 0.270. The SMILES string of the molecule is CSCCCOC1CCCNC1. The maximum absolute atomic E-state index is 5.71. The number of ether oxygens (including phenoxy) is 1. The van der Waals surface area contributed by atoms with Crippen LogP contribution in [0.4, 0.5) is 0 Å². The van der Waals surface area contributed by atoms with Crippen molar-refractivity contribution >= 4 is 11.8 Å². The lowest BCUT2D eigenvalue weighted by molar-refractivity contribution is 0.0379. The van der Waals surface area contributed by atoms with E-state index in [1.54, 1.807) is 0 Å². The lowest BCUT2D eigenvalue weighted by Gasteiger charge is -2.22. The van der Waals surface area contributed by atoms with Gasteiger partial charge in [0.2, 0.25) is 0 Å². The van der Waals surface area contributed by atoms with Gasteiger partial charge in [-0.05, 0) is 37.8 Å². The lowest BCUT2D eigenvalue weighted by atomic mass is 10.1. The van der Waals surface area contributed by atoms with Crippen molar-refractivity contribution in [3.05, 3.63) is 0 Å². The number of nitrogens with one attached hydrogen (secondary N) is 1. The smallest absolute Gasteiger partial charge is 0.0699 e. The van der Waals surface area contributed by atoms with Gasteiger partial charge in [-0.1, -0.05) is 0 Å². The third kappa shape index (κ3) is 4.33. The van der Waals surface area contributed by atoms with Crippen molar-refractivity contribution in [1.82, 2.24) is 5.32 Å². The second kappa shape index (κ2) is 6.75. The van der Waals surface area contributed by atoms with Crippen molar-refractivity contribution in [2.75, 3.05) is 31.7 Å². The molecule has 0 aromatic carbocycles. The highest BCUT2D eigenvalue weighted by Crippen LogP contribution is 2.06. The molecular weight excluding hydrogens is 170 g/mol. The van der Waals surface area contributed by atoms with Gasteiger partial charge in [-0.25, -0.2) is 0 Å². The maximum Gasteiger partial charge on any atom is 0.0699 e. The van der Waals surface area contributed by atoms with E-state index < -0.39 is 0 Å². The highest BCUT2D eigenvalue weighted by Gasteiger charge is 2.11. The molecule has 0 aromatic heterocycles. The van der Waals surface area contributed by atoms with Gasteiger partial charge in [-0.2, -0.15) is 11.8 Å². The summed E-state index contributed by atoms with van der Waals surface area (Å²) in [4.78, 5) is 0. The van der Waals surface area contributed by atoms with Crippen LogP contribution in [0, 0.1) is 0 Å². The number of rotatable bonds is 5. The summed E-state index contributed by atoms with van der Waals surface area (Å²) >= 11 is 1.89. The molecule has 2 nitrogen and oxygen atoms in total. The Morgan fingerprint density at radius 1 is 1.58 bits per heavy atom. The molecule has 1 rings (SSSR count). The number of hydrogen-bond acceptors (Lipinski definition) is 3. The van der Waals surface area contributed by atoms with Crippen molar-refractivity contribution in [2.45, 2.75) is 25.4 Å². The van der Waals surface area contributed by atoms with Gasteiger partial charge in [0.05, 0.1) is 6.10 Å². The van der Waals surface area contributed by atoms with Crippen molar-refractivity contribution < 1.29 is 4.74 Å². The molecule has 1 heterocycles. The van der Waals surface area contributed by atoms with Crippen LogP contribution in [0.15, 0.2) is 0 Å². The first kappa shape index (κ1) is 10.4. The molecule has 3 heteroatoms. The van der Waals surface area contributed by atoms with E-state index >= 15 is 0 Å². The Morgan fingerprint density at radius 2 is 2.50 bits per heavy atom. The van der Waals surface area contributed by atoms with Crippen LogP contribution >= 0.6 is 11.8 Å². The summed E-state index contributed by atoms with van der Waals surface area (Å²) in [6.45, 7) is 3.16. The summed E-state index contributed by atoms with van der Waals surface area (Å²) in [6, 6.07) is 0. The molecule has 0 aromatic rings. The van der Waals surface area contributed by atoms with Gasteiger partial charge in [-0.15, -0.1) is 0 Å². The van der Waals surface area contributed by atoms with Gasteiger partial charge in [0.1, 0.15) is 0 Å². The minimum absolute atomic E-state index is 0.487. The zero-order valence-corrected chi connectivity index (χ0v) is 8.66. The van der Waals surface area contributed by atoms with Crippen LogP contribution in [0.2, 0.25) is 0 Å². The minimum Gasteiger partial charge on any atom is -0.377 e. The normalized spacial score (nSPS) is 24.2. The fourth-order valence-electron chi connectivity index (χ4n) is 1.42. The van der Waals surface area contributed by atoms with Gasteiger partial charge >= 0.3 is 0 Å². The van der Waals surface area contributed by atoms with Crippen LogP contribution in [-0.4, -0.2) is 37.8 Å². The molecule has 1 atom stereocenters. The predicted octanol–water partition coefficient (Wildman–Crippen LogP) is 1.51. The summed E-state index contributed by atoms with van der Waals surface area (Å²) in [5.74, 6) is 1.22. The molecule has 0 amide bonds. The third-order valence-corrected chi connectivity index (χ3v) is 2.79. The van der Waals surface area contributed by atoms with Crippen LogP contribution in [-0.2, 0) is 4.74 Å². The van der Waals surface area contributed by atoms with Gasteiger partial charge in [-0.3, -0.25) is 0 Å². The van der Waals surface area contributed by atoms with Gasteiger partial charge in [0.25, 0.3) is 0 Å². The molecule has 0 radical (unpaired) electrons. The molecule has 1 N–H and O–H groups in total. The van der Waals surface area contributed by atoms with Crippen LogP contribution < -0.4 is 5.32 Å². The van der Waals surface area contributed by atoms with Crippen molar-refractivity contribution in [1.29, 1.82) is 0 Å². The molecule has 0 saturated carbocycles. The standard InChI is InChI=1S/C9H19NOS/c1-12-7-3-6-11-9-4-2-5-10-8-9/h9-10H,2-8H2,1H3. The van der Waals surface area contributed by atoms with Crippen molar-refractivity contribution in [2.24, 2.45) is 0 Å². The Labute approximate surface area is 79.4 Å². The number of thioether (sulfide) groups is 1. The van der Waals surface area contributed by atoms with Gasteiger partial charge in [0, 0.05) is 13.2 Å². The molecular formula is C9H19NOS. The second-order valence-corrected chi connectivity index (χ2v) is 4.17. The first-order valence-corrected chi connectivity index (χ1v) is 6.14. The van der Waals surface area contributed by atoms with E-state index in [2.05, 4.69) is 11.6 Å². The molecule has 1 aliphatic heterocycles. The van der Waals surface area contributed by atoms with Crippen LogP contribution in [0.5, 0.6) is 0 Å². The Morgan fingerprint density at radius 3 is 3.17 bits per heavy atom. The second-order valence-electron chi connectivity index (χ2n) is 3.19. The molecule has 1 aliphatic rings. The van der Waals surface area contributed by atoms with Crippen molar-refractivity contribution in [3.8, 4) is 0 Å². The molecule has 72 valence electrons. The zero-order valence-electron chi connectivity index (χ0n) is 7.84. The molecule has 12 heavy (non-hydrogen) atoms. The van der Waals surface area contributed by atoms with E-state index in [-0.39, 0.29) is 0 Å². The number of piperidine rings is 1. The third-order valence-electron chi connectivity index (χ3n) is 2.10. The summed E-state index contributed by atoms with van der Waals surface area (Å²) in [7, 11) is 0. The molecule has 1 saturated heterocycles. The Balaban J connectivity index is 1.91. The van der Waals surface area contributed by atoms with E-state index in [1.807, 2.05) is 11.8 Å². The highest BCUT2D eigenvalue weighted by molar-refractivity contribution is 7.98. The molecule has 0 aliphatic carbocycles. The summed E-state index contributed by atoms with van der Waals surface area (Å²) in [5, 5.41) is 3.35. The predicted molar refractivity (Wildman–Crippen MR) is 54.8 cm³/mol. The summed E-state index contributed by atoms with van der Waals surface area (Å²) in [5.41, 5.74) is 0. The van der Waals surface area contributed by atoms with Gasteiger partial charge in [0.15, 0.2) is 0 Å². The average Bonchev–Trinajstić information content (AvgIpc) is 2.14. The summed E-state index contributed by atoms with van der Waals surface area (Å²) < 4.78 is 5.71. The number of hydrogen-bond donors (Lipinski definition) is 1. The van der Waals surface area contributed by atoms with Crippen LogP contribution in [0.3, 0.4) is 0 Å². The molecule has 0 spiro atoms. The average molecular weight is 189 g/mol. The van der Waals surface area contributed by atoms with Crippen LogP contribution in [0.1, 0.15) is 19.3 Å². The minimum atomic E-state index is 0.487. The molecule has 1 unspecified atom stereocenters. The topological polar surface area (TPSA) is 21.3 Å². The van der Waals surface area contributed by atoms with Crippen LogP contribution in [0.25, 0.3) is 0 Å². The van der Waals surface area contributed by atoms with E-state index in [1.165, 1.54) is 31.6 Å². The van der Waals surface area contributed by atoms with E-state index in [9.17, 15) is 0 Å². The lowest BCUT2D eigenvalue weighted by Crippen LogP contribution is -2.35. The first-order chi connectivity index (χ1) is 5.93. The molecule has 0 bridgehead atoms. The maximum atomic E-state index is 5.71. The fraction of sp³-hybridized carbons (Fsp3) is 1.00. The summed E-state index contributed by atoms with van der Waals surface area (Å²) in [6.07, 6.45) is 6.33. The van der Waals surface area contributed by atoms with E-state index in [0.717, 1.165) is 13.2 Å².